The molecule has 0 saturated carbocycles. The lowest BCUT2D eigenvalue weighted by Gasteiger charge is -2.08. The molecule has 0 spiro atoms. The van der Waals surface area contributed by atoms with Crippen LogP contribution in [0.2, 0.25) is 0 Å². The first-order chi connectivity index (χ1) is 11.7. The van der Waals surface area contributed by atoms with Crippen LogP contribution in [0.3, 0.4) is 0 Å². The van der Waals surface area contributed by atoms with Gasteiger partial charge in [0.15, 0.2) is 0 Å². The van der Waals surface area contributed by atoms with Crippen LogP contribution in [0.4, 0.5) is 0 Å². The Kier molecular flexibility index (Phi) is 4.27. The number of rotatable bonds is 3. The van der Waals surface area contributed by atoms with Crippen LogP contribution in [0.15, 0.2) is 76.0 Å². The van der Waals surface area contributed by atoms with E-state index in [-0.39, 0.29) is 5.56 Å². The van der Waals surface area contributed by atoms with Crippen LogP contribution >= 0.6 is 0 Å². The minimum absolute atomic E-state index is 0.0364. The fourth-order valence-electron chi connectivity index (χ4n) is 2.26. The van der Waals surface area contributed by atoms with Gasteiger partial charge in [-0.2, -0.15) is 0 Å². The largest absolute Gasteiger partial charge is 0.494 e. The predicted octanol–water partition coefficient (Wildman–Crippen LogP) is 2.56. The molecule has 0 saturated heterocycles. The molecule has 0 unspecified atom stereocenters. The number of para-hydroxylation sites is 1. The molecule has 2 aromatic carbocycles. The zero-order chi connectivity index (χ0) is 16.9. The minimum Gasteiger partial charge on any atom is -0.494 e. The van der Waals surface area contributed by atoms with Gasteiger partial charge in [0.1, 0.15) is 5.56 Å². The van der Waals surface area contributed by atoms with Crippen molar-refractivity contribution in [2.45, 2.75) is 0 Å². The van der Waals surface area contributed by atoms with E-state index in [1.165, 1.54) is 6.08 Å². The van der Waals surface area contributed by atoms with Gasteiger partial charge in [0, 0.05) is 0 Å². The number of hydrogen-bond donors (Lipinski definition) is 2. The van der Waals surface area contributed by atoms with Gasteiger partial charge in [0.2, 0.25) is 5.88 Å². The predicted molar refractivity (Wildman–Crippen MR) is 93.2 cm³/mol. The lowest BCUT2D eigenvalue weighted by Crippen LogP contribution is -2.30. The second-order valence-electron chi connectivity index (χ2n) is 5.03. The fraction of sp³-hybridized carbons (Fsp3) is 0. The van der Waals surface area contributed by atoms with Gasteiger partial charge in [0.05, 0.1) is 5.69 Å². The average Bonchev–Trinajstić information content (AvgIpc) is 2.59. The quantitative estimate of drug-likeness (QED) is 0.729. The Labute approximate surface area is 137 Å². The first-order valence-electron chi connectivity index (χ1n) is 7.28. The summed E-state index contributed by atoms with van der Waals surface area (Å²) in [5.74, 6) is -0.427. The minimum atomic E-state index is -0.701. The number of benzene rings is 2. The maximum absolute atomic E-state index is 12.0. The summed E-state index contributed by atoms with van der Waals surface area (Å²) in [7, 11) is 0. The summed E-state index contributed by atoms with van der Waals surface area (Å²) in [5.41, 5.74) is 2.81. The second-order valence-corrected chi connectivity index (χ2v) is 5.03. The van der Waals surface area contributed by atoms with E-state index in [1.807, 2.05) is 30.3 Å². The molecule has 24 heavy (non-hydrogen) atoms. The molecule has 0 fully saturated rings. The average molecular weight is 318 g/mol. The molecule has 2 N–H and O–H groups in total. The molecule has 0 aliphatic heterocycles. The number of nitrogens with one attached hydrogen (secondary N) is 1. The highest BCUT2D eigenvalue weighted by molar-refractivity contribution is 5.60. The highest BCUT2D eigenvalue weighted by atomic mass is 16.3. The van der Waals surface area contributed by atoms with E-state index in [4.69, 9.17) is 0 Å². The summed E-state index contributed by atoms with van der Waals surface area (Å²) in [4.78, 5) is 26.2. The summed E-state index contributed by atoms with van der Waals surface area (Å²) < 4.78 is 1.04. The molecule has 118 valence electrons. The maximum Gasteiger partial charge on any atom is 0.335 e. The molecule has 0 radical (unpaired) electrons. The van der Waals surface area contributed by atoms with E-state index < -0.39 is 17.1 Å². The Bertz CT molecular complexity index is 1030. The third-order valence-corrected chi connectivity index (χ3v) is 3.41. The van der Waals surface area contributed by atoms with E-state index >= 15 is 0 Å². The van der Waals surface area contributed by atoms with Gasteiger partial charge in [-0.3, -0.25) is 9.78 Å². The molecule has 0 atom stereocenters. The summed E-state index contributed by atoms with van der Waals surface area (Å²) in [6.07, 6.45) is 3.02. The molecular weight excluding hydrogens is 304 g/mol. The van der Waals surface area contributed by atoms with Crippen molar-refractivity contribution < 1.29 is 5.11 Å². The van der Waals surface area contributed by atoms with Gasteiger partial charge in [-0.1, -0.05) is 48.5 Å². The first-order valence-corrected chi connectivity index (χ1v) is 7.28. The van der Waals surface area contributed by atoms with Crippen molar-refractivity contribution in [3.05, 3.63) is 98.4 Å². The van der Waals surface area contributed by atoms with Crippen molar-refractivity contribution >= 4 is 12.2 Å². The van der Waals surface area contributed by atoms with Crippen LogP contribution in [-0.2, 0) is 0 Å². The lowest BCUT2D eigenvalue weighted by atomic mass is 10.2. The maximum atomic E-state index is 12.0. The van der Waals surface area contributed by atoms with Crippen LogP contribution in [0.5, 0.6) is 5.88 Å². The summed E-state index contributed by atoms with van der Waals surface area (Å²) in [5, 5.41) is 10.4. The molecule has 1 aromatic heterocycles. The van der Waals surface area contributed by atoms with Crippen LogP contribution < -0.4 is 11.2 Å². The van der Waals surface area contributed by atoms with Crippen molar-refractivity contribution in [2.24, 2.45) is 0 Å². The number of H-pyrrole nitrogens is 1. The normalized spacial score (nSPS) is 10.0. The number of nitrogens with zero attached hydrogens (tertiary/aromatic N) is 1. The lowest BCUT2D eigenvalue weighted by molar-refractivity contribution is 0.429. The molecule has 0 aliphatic carbocycles. The van der Waals surface area contributed by atoms with E-state index in [9.17, 15) is 14.7 Å². The Hall–Kier alpha value is -3.56. The number of hydrogen-bond acceptors (Lipinski definition) is 3. The second kappa shape index (κ2) is 6.69. The van der Waals surface area contributed by atoms with Gasteiger partial charge in [0.25, 0.3) is 5.56 Å². The fourth-order valence-corrected chi connectivity index (χ4v) is 2.26. The highest BCUT2D eigenvalue weighted by Gasteiger charge is 2.12. The van der Waals surface area contributed by atoms with Crippen molar-refractivity contribution in [1.82, 2.24) is 9.55 Å². The van der Waals surface area contributed by atoms with E-state index in [1.54, 1.807) is 36.4 Å². The van der Waals surface area contributed by atoms with Crippen molar-refractivity contribution in [3.63, 3.8) is 0 Å². The Morgan fingerprint density at radius 3 is 2.21 bits per heavy atom. The van der Waals surface area contributed by atoms with Crippen molar-refractivity contribution in [3.8, 4) is 11.6 Å². The van der Waals surface area contributed by atoms with Gasteiger partial charge < -0.3 is 5.11 Å². The summed E-state index contributed by atoms with van der Waals surface area (Å²) >= 11 is 0. The van der Waals surface area contributed by atoms with Gasteiger partial charge in [-0.05, 0) is 29.8 Å². The number of aromatic amines is 1. The zero-order valence-corrected chi connectivity index (χ0v) is 12.6. The Balaban J connectivity index is 2.11. The summed E-state index contributed by atoms with van der Waals surface area (Å²) in [6.45, 7) is 0. The van der Waals surface area contributed by atoms with Gasteiger partial charge in [-0.15, -0.1) is 5.73 Å². The monoisotopic (exact) mass is 318 g/mol. The summed E-state index contributed by atoms with van der Waals surface area (Å²) in [6, 6.07) is 18.0. The van der Waals surface area contributed by atoms with Gasteiger partial charge in [-0.25, -0.2) is 9.36 Å². The van der Waals surface area contributed by atoms with Crippen molar-refractivity contribution in [2.75, 3.05) is 0 Å². The Morgan fingerprint density at radius 1 is 0.917 bits per heavy atom. The third-order valence-electron chi connectivity index (χ3n) is 3.41. The molecule has 5 nitrogen and oxygen atoms in total. The Morgan fingerprint density at radius 2 is 1.54 bits per heavy atom. The molecule has 1 heterocycles. The van der Waals surface area contributed by atoms with E-state index in [0.717, 1.165) is 10.1 Å². The first kappa shape index (κ1) is 15.3. The molecule has 0 amide bonds. The molecule has 0 bridgehead atoms. The molecular formula is C19H14N2O3. The number of aromatic hydroxyl groups is 1. The van der Waals surface area contributed by atoms with E-state index in [2.05, 4.69) is 10.7 Å². The molecule has 0 aliphatic rings. The van der Waals surface area contributed by atoms with E-state index in [0.29, 0.717) is 5.69 Å². The molecule has 3 aromatic rings. The van der Waals surface area contributed by atoms with Crippen LogP contribution in [0.25, 0.3) is 17.8 Å². The molecule has 3 rings (SSSR count). The smallest absolute Gasteiger partial charge is 0.335 e. The van der Waals surface area contributed by atoms with Crippen LogP contribution in [-0.4, -0.2) is 14.7 Å². The van der Waals surface area contributed by atoms with Crippen molar-refractivity contribution in [1.29, 1.82) is 0 Å². The number of aromatic nitrogens is 2. The third kappa shape index (κ3) is 3.11. The van der Waals surface area contributed by atoms with Crippen LogP contribution in [0.1, 0.15) is 11.1 Å². The topological polar surface area (TPSA) is 75.1 Å². The van der Waals surface area contributed by atoms with Crippen LogP contribution in [0, 0.1) is 0 Å². The highest BCUT2D eigenvalue weighted by Crippen LogP contribution is 2.16. The standard InChI is InChI=1S/C19H14N2O3/c22-17-16(13-7-10-14-8-3-1-4-9-14)18(23)21(19(24)20-17)15-11-5-2-6-12-15/h1-6,8-13,23H,(H,20,22,24). The SMILES string of the molecule is O=c1[nH]c(=O)n(-c2ccccc2)c(O)c1C=C=Cc1ccccc1. The van der Waals surface area contributed by atoms with Gasteiger partial charge >= 0.3 is 5.69 Å². The molecule has 5 heteroatoms. The zero-order valence-electron chi connectivity index (χ0n) is 12.6.